The van der Waals surface area contributed by atoms with Crippen molar-refractivity contribution in [3.63, 3.8) is 0 Å². The van der Waals surface area contributed by atoms with E-state index in [1.807, 2.05) is 6.07 Å². The van der Waals surface area contributed by atoms with Crippen molar-refractivity contribution in [1.82, 2.24) is 19.7 Å². The molecule has 3 aromatic rings. The van der Waals surface area contributed by atoms with E-state index in [0.29, 0.717) is 6.54 Å². The molecule has 5 nitrogen and oxygen atoms in total. The fourth-order valence-electron chi connectivity index (χ4n) is 3.18. The van der Waals surface area contributed by atoms with Gasteiger partial charge in [0.05, 0.1) is 22.5 Å². The van der Waals surface area contributed by atoms with Crippen LogP contribution in [0.25, 0.3) is 10.2 Å². The Balaban J connectivity index is 1.53. The number of fused-ring (bicyclic) bond motifs is 2. The molecule has 0 amide bonds. The summed E-state index contributed by atoms with van der Waals surface area (Å²) in [5.41, 5.74) is 3.22. The molecule has 0 N–H and O–H groups in total. The molecule has 0 radical (unpaired) electrons. The van der Waals surface area contributed by atoms with Crippen LogP contribution in [0, 0.1) is 0 Å². The van der Waals surface area contributed by atoms with Crippen LogP contribution in [0.5, 0.6) is 0 Å². The van der Waals surface area contributed by atoms with Crippen molar-refractivity contribution in [3.05, 3.63) is 57.0 Å². The maximum atomic E-state index is 12.1. The van der Waals surface area contributed by atoms with Crippen molar-refractivity contribution in [1.29, 1.82) is 0 Å². The van der Waals surface area contributed by atoms with Crippen LogP contribution >= 0.6 is 11.3 Å². The Labute approximate surface area is 144 Å². The average Bonchev–Trinajstić information content (AvgIpc) is 2.98. The van der Waals surface area contributed by atoms with Gasteiger partial charge >= 0.3 is 0 Å². The fraction of sp³-hybridized carbons (Fsp3) is 0.389. The van der Waals surface area contributed by atoms with Gasteiger partial charge < -0.3 is 0 Å². The highest BCUT2D eigenvalue weighted by Gasteiger charge is 2.20. The Kier molecular flexibility index (Phi) is 4.16. The zero-order valence-corrected chi connectivity index (χ0v) is 14.6. The SMILES string of the molecule is CCCn1nc2c(cc1=O)CN(Cc1nc3ccccc3s1)CC2. The molecule has 0 saturated heterocycles. The molecule has 0 unspecified atom stereocenters. The molecule has 3 heterocycles. The lowest BCUT2D eigenvalue weighted by atomic mass is 10.1. The largest absolute Gasteiger partial charge is 0.292 e. The molecule has 0 saturated carbocycles. The molecule has 0 atom stereocenters. The van der Waals surface area contributed by atoms with Crippen molar-refractivity contribution < 1.29 is 0 Å². The molecule has 1 aliphatic rings. The van der Waals surface area contributed by atoms with Crippen LogP contribution in [0.15, 0.2) is 35.1 Å². The summed E-state index contributed by atoms with van der Waals surface area (Å²) in [6.07, 6.45) is 1.82. The van der Waals surface area contributed by atoms with Crippen LogP contribution in [-0.4, -0.2) is 26.2 Å². The monoisotopic (exact) mass is 340 g/mol. The van der Waals surface area contributed by atoms with E-state index < -0.39 is 0 Å². The predicted molar refractivity (Wildman–Crippen MR) is 96.2 cm³/mol. The number of aryl methyl sites for hydroxylation is 1. The Morgan fingerprint density at radius 3 is 3.00 bits per heavy atom. The van der Waals surface area contributed by atoms with Crippen molar-refractivity contribution >= 4 is 21.6 Å². The van der Waals surface area contributed by atoms with Crippen LogP contribution < -0.4 is 5.56 Å². The van der Waals surface area contributed by atoms with Gasteiger partial charge in [0.25, 0.3) is 5.56 Å². The van der Waals surface area contributed by atoms with Gasteiger partial charge in [0.1, 0.15) is 5.01 Å². The van der Waals surface area contributed by atoms with Gasteiger partial charge in [0.2, 0.25) is 0 Å². The highest BCUT2D eigenvalue weighted by molar-refractivity contribution is 7.18. The summed E-state index contributed by atoms with van der Waals surface area (Å²) in [6.45, 7) is 5.33. The third-order valence-electron chi connectivity index (χ3n) is 4.36. The van der Waals surface area contributed by atoms with Gasteiger partial charge in [-0.15, -0.1) is 11.3 Å². The number of para-hydroxylation sites is 1. The molecule has 0 spiro atoms. The van der Waals surface area contributed by atoms with E-state index in [4.69, 9.17) is 4.98 Å². The molecular weight excluding hydrogens is 320 g/mol. The summed E-state index contributed by atoms with van der Waals surface area (Å²) < 4.78 is 2.83. The normalized spacial score (nSPS) is 14.9. The maximum absolute atomic E-state index is 12.1. The molecule has 124 valence electrons. The van der Waals surface area contributed by atoms with E-state index in [-0.39, 0.29) is 5.56 Å². The molecule has 6 heteroatoms. The second kappa shape index (κ2) is 6.45. The number of hydrogen-bond acceptors (Lipinski definition) is 5. The van der Waals surface area contributed by atoms with Gasteiger partial charge in [-0.05, 0) is 24.1 Å². The van der Waals surface area contributed by atoms with E-state index in [9.17, 15) is 4.79 Å². The highest BCUT2D eigenvalue weighted by atomic mass is 32.1. The minimum Gasteiger partial charge on any atom is -0.292 e. The Hall–Kier alpha value is -2.05. The van der Waals surface area contributed by atoms with Gasteiger partial charge in [-0.3, -0.25) is 9.69 Å². The van der Waals surface area contributed by atoms with Crippen molar-refractivity contribution in [2.24, 2.45) is 0 Å². The first-order valence-electron chi connectivity index (χ1n) is 8.39. The standard InChI is InChI=1S/C18H20N4OS/c1-2-8-22-18(23)10-13-11-21(9-7-14(13)20-22)12-17-19-15-5-3-4-6-16(15)24-17/h3-6,10H,2,7-9,11-12H2,1H3. The van der Waals surface area contributed by atoms with Crippen molar-refractivity contribution in [3.8, 4) is 0 Å². The second-order valence-electron chi connectivity index (χ2n) is 6.21. The van der Waals surface area contributed by atoms with Gasteiger partial charge in [-0.25, -0.2) is 9.67 Å². The van der Waals surface area contributed by atoms with Gasteiger partial charge in [0, 0.05) is 32.1 Å². The molecule has 1 aromatic carbocycles. The van der Waals surface area contributed by atoms with E-state index in [1.165, 1.54) is 4.70 Å². The van der Waals surface area contributed by atoms with Gasteiger partial charge in [0.15, 0.2) is 0 Å². The third kappa shape index (κ3) is 2.99. The number of hydrogen-bond donors (Lipinski definition) is 0. The van der Waals surface area contributed by atoms with E-state index >= 15 is 0 Å². The maximum Gasteiger partial charge on any atom is 0.267 e. The quantitative estimate of drug-likeness (QED) is 0.733. The number of nitrogens with zero attached hydrogens (tertiary/aromatic N) is 4. The predicted octanol–water partition coefficient (Wildman–Crippen LogP) is 2.82. The van der Waals surface area contributed by atoms with Crippen molar-refractivity contribution in [2.45, 2.75) is 39.4 Å². The Morgan fingerprint density at radius 2 is 2.17 bits per heavy atom. The first-order valence-corrected chi connectivity index (χ1v) is 9.21. The van der Waals surface area contributed by atoms with Crippen LogP contribution in [0.3, 0.4) is 0 Å². The van der Waals surface area contributed by atoms with E-state index in [1.54, 1.807) is 22.1 Å². The molecule has 24 heavy (non-hydrogen) atoms. The smallest absolute Gasteiger partial charge is 0.267 e. The van der Waals surface area contributed by atoms with Crippen LogP contribution in [0.4, 0.5) is 0 Å². The first-order chi connectivity index (χ1) is 11.7. The average molecular weight is 340 g/mol. The second-order valence-corrected chi connectivity index (χ2v) is 7.33. The third-order valence-corrected chi connectivity index (χ3v) is 5.38. The molecule has 2 aromatic heterocycles. The summed E-state index contributed by atoms with van der Waals surface area (Å²) in [5, 5.41) is 5.67. The molecule has 4 rings (SSSR count). The molecule has 1 aliphatic heterocycles. The summed E-state index contributed by atoms with van der Waals surface area (Å²) in [5.74, 6) is 0. The lowest BCUT2D eigenvalue weighted by molar-refractivity contribution is 0.240. The minimum absolute atomic E-state index is 0.0115. The zero-order valence-electron chi connectivity index (χ0n) is 13.7. The van der Waals surface area contributed by atoms with Crippen LogP contribution in [0.2, 0.25) is 0 Å². The highest BCUT2D eigenvalue weighted by Crippen LogP contribution is 2.24. The molecular formula is C18H20N4OS. The van der Waals surface area contributed by atoms with Crippen LogP contribution in [0.1, 0.15) is 29.6 Å². The fourth-order valence-corrected chi connectivity index (χ4v) is 4.19. The lowest BCUT2D eigenvalue weighted by Crippen LogP contribution is -2.34. The summed E-state index contributed by atoms with van der Waals surface area (Å²) in [7, 11) is 0. The van der Waals surface area contributed by atoms with Crippen molar-refractivity contribution in [2.75, 3.05) is 6.54 Å². The van der Waals surface area contributed by atoms with E-state index in [0.717, 1.165) is 54.3 Å². The lowest BCUT2D eigenvalue weighted by Gasteiger charge is -2.27. The van der Waals surface area contributed by atoms with E-state index in [2.05, 4.69) is 35.1 Å². The van der Waals surface area contributed by atoms with Gasteiger partial charge in [-0.1, -0.05) is 19.1 Å². The summed E-state index contributed by atoms with van der Waals surface area (Å²) in [6, 6.07) is 10.0. The number of aromatic nitrogens is 3. The molecule has 0 fully saturated rings. The Morgan fingerprint density at radius 1 is 1.29 bits per heavy atom. The zero-order chi connectivity index (χ0) is 16.5. The summed E-state index contributed by atoms with van der Waals surface area (Å²) >= 11 is 1.75. The topological polar surface area (TPSA) is 51.0 Å². The number of benzene rings is 1. The first kappa shape index (κ1) is 15.5. The molecule has 0 bridgehead atoms. The van der Waals surface area contributed by atoms with Gasteiger partial charge in [-0.2, -0.15) is 5.10 Å². The summed E-state index contributed by atoms with van der Waals surface area (Å²) in [4.78, 5) is 19.2. The number of thiazole rings is 1. The molecule has 0 aliphatic carbocycles. The minimum atomic E-state index is 0.0115. The number of rotatable bonds is 4. The Bertz CT molecular complexity index is 897. The van der Waals surface area contributed by atoms with Crippen LogP contribution in [-0.2, 0) is 26.1 Å².